The molecule has 1 heterocycles. The molecule has 0 amide bonds. The Morgan fingerprint density at radius 2 is 1.95 bits per heavy atom. The van der Waals surface area contributed by atoms with Crippen molar-refractivity contribution >= 4 is 10.9 Å². The fourth-order valence-corrected chi connectivity index (χ4v) is 2.61. The van der Waals surface area contributed by atoms with E-state index in [2.05, 4.69) is 64.2 Å². The van der Waals surface area contributed by atoms with Gasteiger partial charge in [-0.3, -0.25) is 0 Å². The van der Waals surface area contributed by atoms with Crippen molar-refractivity contribution in [2.45, 2.75) is 52.6 Å². The number of aryl methyl sites for hydroxylation is 1. The van der Waals surface area contributed by atoms with Crippen LogP contribution in [0.4, 0.5) is 0 Å². The second-order valence-corrected chi connectivity index (χ2v) is 7.02. The summed E-state index contributed by atoms with van der Waals surface area (Å²) in [5.74, 6) is 0. The minimum Gasteiger partial charge on any atom is -0.335 e. The second kappa shape index (κ2) is 5.54. The van der Waals surface area contributed by atoms with Crippen molar-refractivity contribution in [3.8, 4) is 6.07 Å². The van der Waals surface area contributed by atoms with Crippen LogP contribution in [0.15, 0.2) is 18.2 Å². The van der Waals surface area contributed by atoms with E-state index in [0.717, 1.165) is 23.3 Å². The van der Waals surface area contributed by atoms with Crippen LogP contribution in [0.1, 0.15) is 51.4 Å². The number of aromatic nitrogens is 1. The molecule has 21 heavy (non-hydrogen) atoms. The maximum atomic E-state index is 9.50. The van der Waals surface area contributed by atoms with Gasteiger partial charge in [0, 0.05) is 36.1 Å². The summed E-state index contributed by atoms with van der Waals surface area (Å²) in [6, 6.07) is 9.31. The molecule has 1 N–H and O–H groups in total. The summed E-state index contributed by atoms with van der Waals surface area (Å²) < 4.78 is 2.00. The monoisotopic (exact) mass is 283 g/mol. The highest BCUT2D eigenvalue weighted by Gasteiger charge is 2.19. The maximum absolute atomic E-state index is 9.50. The molecule has 0 aliphatic heterocycles. The Morgan fingerprint density at radius 3 is 2.48 bits per heavy atom. The highest BCUT2D eigenvalue weighted by atomic mass is 15.0. The predicted octanol–water partition coefficient (Wildman–Crippen LogP) is 3.85. The lowest BCUT2D eigenvalue weighted by atomic mass is 9.86. The molecular weight excluding hydrogens is 258 g/mol. The fourth-order valence-electron chi connectivity index (χ4n) is 2.61. The SMILES string of the molecule is CC(C)NCc1c(C#N)n(C)c2ccc(C(C)(C)C)cc12. The summed E-state index contributed by atoms with van der Waals surface area (Å²) in [5.41, 5.74) is 4.40. The normalized spacial score (nSPS) is 12.1. The van der Waals surface area contributed by atoms with Crippen LogP contribution in [-0.4, -0.2) is 10.6 Å². The minimum absolute atomic E-state index is 0.111. The van der Waals surface area contributed by atoms with Crippen LogP contribution >= 0.6 is 0 Å². The van der Waals surface area contributed by atoms with E-state index in [1.165, 1.54) is 10.9 Å². The summed E-state index contributed by atoms with van der Waals surface area (Å²) in [6.07, 6.45) is 0. The molecule has 0 aliphatic rings. The van der Waals surface area contributed by atoms with Crippen molar-refractivity contribution in [2.75, 3.05) is 0 Å². The van der Waals surface area contributed by atoms with Gasteiger partial charge in [0.15, 0.2) is 0 Å². The number of nitrogens with one attached hydrogen (secondary N) is 1. The van der Waals surface area contributed by atoms with Gasteiger partial charge in [0.1, 0.15) is 11.8 Å². The number of hydrogen-bond donors (Lipinski definition) is 1. The molecule has 1 aromatic carbocycles. The number of rotatable bonds is 3. The molecule has 0 radical (unpaired) electrons. The van der Waals surface area contributed by atoms with Gasteiger partial charge < -0.3 is 9.88 Å². The van der Waals surface area contributed by atoms with Crippen LogP contribution in [0.2, 0.25) is 0 Å². The van der Waals surface area contributed by atoms with Gasteiger partial charge in [-0.15, -0.1) is 0 Å². The van der Waals surface area contributed by atoms with Crippen LogP contribution in [0.25, 0.3) is 10.9 Å². The molecule has 0 fully saturated rings. The highest BCUT2D eigenvalue weighted by molar-refractivity contribution is 5.87. The van der Waals surface area contributed by atoms with E-state index in [0.29, 0.717) is 6.04 Å². The van der Waals surface area contributed by atoms with Crippen molar-refractivity contribution in [1.82, 2.24) is 9.88 Å². The molecule has 0 bridgehead atoms. The summed E-state index contributed by atoms with van der Waals surface area (Å²) >= 11 is 0. The smallest absolute Gasteiger partial charge is 0.125 e. The molecule has 0 saturated heterocycles. The molecule has 2 rings (SSSR count). The van der Waals surface area contributed by atoms with E-state index >= 15 is 0 Å². The van der Waals surface area contributed by atoms with Crippen molar-refractivity contribution in [1.29, 1.82) is 5.26 Å². The van der Waals surface area contributed by atoms with E-state index in [1.807, 2.05) is 11.6 Å². The van der Waals surface area contributed by atoms with E-state index in [1.54, 1.807) is 0 Å². The van der Waals surface area contributed by atoms with E-state index in [4.69, 9.17) is 0 Å². The van der Waals surface area contributed by atoms with Gasteiger partial charge in [0.25, 0.3) is 0 Å². The Labute approximate surface area is 127 Å². The number of hydrogen-bond acceptors (Lipinski definition) is 2. The van der Waals surface area contributed by atoms with Crippen LogP contribution < -0.4 is 5.32 Å². The van der Waals surface area contributed by atoms with E-state index in [-0.39, 0.29) is 5.41 Å². The third-order valence-electron chi connectivity index (χ3n) is 3.96. The largest absolute Gasteiger partial charge is 0.335 e. The molecule has 2 aromatic rings. The molecule has 0 unspecified atom stereocenters. The Morgan fingerprint density at radius 1 is 1.29 bits per heavy atom. The first-order chi connectivity index (χ1) is 9.75. The zero-order chi connectivity index (χ0) is 15.8. The standard InChI is InChI=1S/C18H25N3/c1-12(2)20-11-15-14-9-13(18(3,4)5)7-8-16(14)21(6)17(15)10-19/h7-9,12,20H,11H2,1-6H3. The third-order valence-corrected chi connectivity index (χ3v) is 3.96. The zero-order valence-electron chi connectivity index (χ0n) is 13.9. The van der Waals surface area contributed by atoms with Crippen LogP contribution in [0, 0.1) is 11.3 Å². The summed E-state index contributed by atoms with van der Waals surface area (Å²) in [7, 11) is 1.97. The van der Waals surface area contributed by atoms with Crippen molar-refractivity contribution < 1.29 is 0 Å². The van der Waals surface area contributed by atoms with E-state index < -0.39 is 0 Å². The molecule has 0 atom stereocenters. The molecule has 0 aliphatic carbocycles. The predicted molar refractivity (Wildman–Crippen MR) is 88.3 cm³/mol. The maximum Gasteiger partial charge on any atom is 0.125 e. The molecule has 0 saturated carbocycles. The van der Waals surface area contributed by atoms with Crippen LogP contribution in [0.3, 0.4) is 0 Å². The topological polar surface area (TPSA) is 40.8 Å². The van der Waals surface area contributed by atoms with Crippen LogP contribution in [0.5, 0.6) is 0 Å². The van der Waals surface area contributed by atoms with Gasteiger partial charge in [-0.05, 0) is 23.1 Å². The molecule has 3 nitrogen and oxygen atoms in total. The third kappa shape index (κ3) is 2.96. The number of nitrogens with zero attached hydrogens (tertiary/aromatic N) is 2. The Kier molecular flexibility index (Phi) is 4.11. The first kappa shape index (κ1) is 15.6. The first-order valence-corrected chi connectivity index (χ1v) is 7.51. The lowest BCUT2D eigenvalue weighted by Gasteiger charge is -2.19. The summed E-state index contributed by atoms with van der Waals surface area (Å²) in [5, 5.41) is 14.1. The van der Waals surface area contributed by atoms with Gasteiger partial charge in [-0.2, -0.15) is 5.26 Å². The van der Waals surface area contributed by atoms with Crippen molar-refractivity contribution in [2.24, 2.45) is 7.05 Å². The average molecular weight is 283 g/mol. The van der Waals surface area contributed by atoms with E-state index in [9.17, 15) is 5.26 Å². The van der Waals surface area contributed by atoms with Gasteiger partial charge in [0.05, 0.1) is 0 Å². The number of benzene rings is 1. The molecular formula is C18H25N3. The fraction of sp³-hybridized carbons (Fsp3) is 0.500. The van der Waals surface area contributed by atoms with Crippen molar-refractivity contribution in [3.05, 3.63) is 35.0 Å². The molecule has 112 valence electrons. The Hall–Kier alpha value is -1.79. The molecule has 1 aromatic heterocycles. The van der Waals surface area contributed by atoms with Gasteiger partial charge >= 0.3 is 0 Å². The highest BCUT2D eigenvalue weighted by Crippen LogP contribution is 2.30. The minimum atomic E-state index is 0.111. The number of fused-ring (bicyclic) bond motifs is 1. The summed E-state index contributed by atoms with van der Waals surface area (Å²) in [4.78, 5) is 0. The molecule has 0 spiro atoms. The lowest BCUT2D eigenvalue weighted by Crippen LogP contribution is -2.22. The quantitative estimate of drug-likeness (QED) is 0.929. The van der Waals surface area contributed by atoms with Crippen LogP contribution in [-0.2, 0) is 19.0 Å². The second-order valence-electron chi connectivity index (χ2n) is 7.02. The Bertz CT molecular complexity index is 694. The summed E-state index contributed by atoms with van der Waals surface area (Å²) in [6.45, 7) is 11.6. The van der Waals surface area contributed by atoms with Gasteiger partial charge in [-0.25, -0.2) is 0 Å². The zero-order valence-corrected chi connectivity index (χ0v) is 13.9. The lowest BCUT2D eigenvalue weighted by molar-refractivity contribution is 0.587. The van der Waals surface area contributed by atoms with Crippen molar-refractivity contribution in [3.63, 3.8) is 0 Å². The van der Waals surface area contributed by atoms with Gasteiger partial charge in [0.2, 0.25) is 0 Å². The average Bonchev–Trinajstić information content (AvgIpc) is 2.67. The molecule has 3 heteroatoms. The Balaban J connectivity index is 2.65. The van der Waals surface area contributed by atoms with Gasteiger partial charge in [-0.1, -0.05) is 40.7 Å². The first-order valence-electron chi connectivity index (χ1n) is 7.51. The number of nitriles is 1.